The zero-order valence-electron chi connectivity index (χ0n) is 13.7. The molecule has 130 valence electrons. The topological polar surface area (TPSA) is 71.8 Å². The average molecular weight is 354 g/mol. The van der Waals surface area contributed by atoms with Crippen LogP contribution in [0, 0.1) is 19.7 Å². The first-order valence-corrected chi connectivity index (χ1v) is 7.76. The minimum atomic E-state index is -0.325. The third kappa shape index (κ3) is 3.73. The number of aromatic nitrogens is 3. The number of carbonyl (C=O) groups excluding carboxylic acids is 1. The molecule has 2 N–H and O–H groups in total. The highest BCUT2D eigenvalue weighted by atomic mass is 35.5. The number of carbonyl (C=O) groups is 1. The maximum atomic E-state index is 13.1. The van der Waals surface area contributed by atoms with Gasteiger partial charge in [0.2, 0.25) is 0 Å². The van der Waals surface area contributed by atoms with Gasteiger partial charge in [0.15, 0.2) is 5.69 Å². The van der Waals surface area contributed by atoms with Gasteiger partial charge in [0.05, 0.1) is 11.7 Å². The van der Waals surface area contributed by atoms with E-state index in [2.05, 4.69) is 20.9 Å². The third-order valence-electron chi connectivity index (χ3n) is 4.23. The molecule has 1 aliphatic rings. The van der Waals surface area contributed by atoms with E-state index in [1.54, 1.807) is 13.0 Å². The van der Waals surface area contributed by atoms with Crippen LogP contribution >= 0.6 is 12.4 Å². The zero-order valence-corrected chi connectivity index (χ0v) is 14.5. The van der Waals surface area contributed by atoms with Gasteiger partial charge in [0, 0.05) is 5.69 Å². The van der Waals surface area contributed by atoms with E-state index >= 15 is 0 Å². The van der Waals surface area contributed by atoms with Crippen LogP contribution in [0.5, 0.6) is 0 Å². The number of piperidine rings is 1. The average Bonchev–Trinajstić information content (AvgIpc) is 2.92. The van der Waals surface area contributed by atoms with Crippen LogP contribution in [0.3, 0.4) is 0 Å². The molecule has 3 rings (SSSR count). The fraction of sp³-hybridized carbons (Fsp3) is 0.438. The van der Waals surface area contributed by atoms with E-state index in [1.807, 2.05) is 11.6 Å². The Labute approximate surface area is 146 Å². The molecule has 0 bridgehead atoms. The minimum Gasteiger partial charge on any atom is -0.320 e. The van der Waals surface area contributed by atoms with Crippen molar-refractivity contribution in [1.82, 2.24) is 20.3 Å². The highest BCUT2D eigenvalue weighted by molar-refractivity contribution is 6.03. The summed E-state index contributed by atoms with van der Waals surface area (Å²) in [7, 11) is 0. The van der Waals surface area contributed by atoms with Crippen molar-refractivity contribution in [2.75, 3.05) is 18.4 Å². The molecule has 0 radical (unpaired) electrons. The molecular weight excluding hydrogens is 333 g/mol. The first-order valence-electron chi connectivity index (χ1n) is 7.76. The lowest BCUT2D eigenvalue weighted by atomic mass is 10.1. The van der Waals surface area contributed by atoms with Crippen LogP contribution in [0.1, 0.15) is 40.6 Å². The van der Waals surface area contributed by atoms with Crippen LogP contribution in [0.2, 0.25) is 0 Å². The molecular formula is C16H21ClFN5O. The van der Waals surface area contributed by atoms with Gasteiger partial charge in [-0.15, -0.1) is 17.5 Å². The molecule has 6 nitrogen and oxygen atoms in total. The van der Waals surface area contributed by atoms with Gasteiger partial charge in [-0.1, -0.05) is 5.21 Å². The summed E-state index contributed by atoms with van der Waals surface area (Å²) in [4.78, 5) is 12.4. The van der Waals surface area contributed by atoms with Gasteiger partial charge in [-0.25, -0.2) is 9.07 Å². The van der Waals surface area contributed by atoms with Gasteiger partial charge in [-0.3, -0.25) is 4.79 Å². The van der Waals surface area contributed by atoms with Crippen LogP contribution in [-0.4, -0.2) is 34.0 Å². The molecule has 24 heavy (non-hydrogen) atoms. The second kappa shape index (κ2) is 7.72. The Morgan fingerprint density at radius 1 is 1.33 bits per heavy atom. The third-order valence-corrected chi connectivity index (χ3v) is 4.23. The van der Waals surface area contributed by atoms with Crippen LogP contribution in [-0.2, 0) is 0 Å². The Morgan fingerprint density at radius 3 is 2.71 bits per heavy atom. The maximum absolute atomic E-state index is 13.1. The number of hydrogen-bond acceptors (Lipinski definition) is 4. The summed E-state index contributed by atoms with van der Waals surface area (Å²) in [6.07, 6.45) is 1.95. The number of aryl methyl sites for hydroxylation is 1. The lowest BCUT2D eigenvalue weighted by Gasteiger charge is -2.23. The number of rotatable bonds is 3. The van der Waals surface area contributed by atoms with Gasteiger partial charge in [-0.05, 0) is 63.5 Å². The molecule has 2 heterocycles. The van der Waals surface area contributed by atoms with Gasteiger partial charge >= 0.3 is 0 Å². The summed E-state index contributed by atoms with van der Waals surface area (Å²) in [6.45, 7) is 5.49. The Morgan fingerprint density at radius 2 is 2.04 bits per heavy atom. The Bertz CT molecular complexity index is 727. The standard InChI is InChI=1S/C16H20FN5O.ClH/c1-10-9-12(17)3-4-14(10)19-16(23)15-11(2)22(21-20-15)13-5-7-18-8-6-13;/h3-4,9,13,18H,5-8H2,1-2H3,(H,19,23);1H. The Hall–Kier alpha value is -1.99. The van der Waals surface area contributed by atoms with E-state index in [4.69, 9.17) is 0 Å². The molecule has 0 atom stereocenters. The van der Waals surface area contributed by atoms with Crippen LogP contribution in [0.15, 0.2) is 18.2 Å². The molecule has 1 amide bonds. The van der Waals surface area contributed by atoms with E-state index in [0.717, 1.165) is 31.6 Å². The summed E-state index contributed by atoms with van der Waals surface area (Å²) < 4.78 is 15.0. The molecule has 0 aliphatic carbocycles. The van der Waals surface area contributed by atoms with Crippen molar-refractivity contribution in [3.05, 3.63) is 41.0 Å². The van der Waals surface area contributed by atoms with Crippen molar-refractivity contribution in [1.29, 1.82) is 0 Å². The summed E-state index contributed by atoms with van der Waals surface area (Å²) in [5.41, 5.74) is 2.32. The number of amides is 1. The number of nitrogens with one attached hydrogen (secondary N) is 2. The predicted octanol–water partition coefficient (Wildman–Crippen LogP) is 2.63. The lowest BCUT2D eigenvalue weighted by Crippen LogP contribution is -2.30. The zero-order chi connectivity index (χ0) is 16.4. The van der Waals surface area contributed by atoms with Crippen molar-refractivity contribution in [3.63, 3.8) is 0 Å². The number of nitrogens with zero attached hydrogens (tertiary/aromatic N) is 3. The Balaban J connectivity index is 0.00000208. The summed E-state index contributed by atoms with van der Waals surface area (Å²) in [6, 6.07) is 4.53. The molecule has 2 aromatic rings. The molecule has 1 aromatic carbocycles. The summed E-state index contributed by atoms with van der Waals surface area (Å²) >= 11 is 0. The van der Waals surface area contributed by atoms with Gasteiger partial charge in [-0.2, -0.15) is 0 Å². The number of anilines is 1. The molecule has 1 aromatic heterocycles. The smallest absolute Gasteiger partial charge is 0.278 e. The van der Waals surface area contributed by atoms with Gasteiger partial charge in [0.25, 0.3) is 5.91 Å². The lowest BCUT2D eigenvalue weighted by molar-refractivity contribution is 0.102. The van der Waals surface area contributed by atoms with E-state index in [1.165, 1.54) is 12.1 Å². The predicted molar refractivity (Wildman–Crippen MR) is 92.2 cm³/mol. The van der Waals surface area contributed by atoms with Gasteiger partial charge in [0.1, 0.15) is 5.82 Å². The highest BCUT2D eigenvalue weighted by Gasteiger charge is 2.23. The monoisotopic (exact) mass is 353 g/mol. The van der Waals surface area contributed by atoms with E-state index in [9.17, 15) is 9.18 Å². The fourth-order valence-electron chi connectivity index (χ4n) is 2.90. The minimum absolute atomic E-state index is 0. The van der Waals surface area contributed by atoms with E-state index in [0.29, 0.717) is 16.9 Å². The molecule has 1 aliphatic heterocycles. The van der Waals surface area contributed by atoms with Gasteiger partial charge < -0.3 is 10.6 Å². The second-order valence-electron chi connectivity index (χ2n) is 5.86. The van der Waals surface area contributed by atoms with E-state index in [-0.39, 0.29) is 30.2 Å². The van der Waals surface area contributed by atoms with Crippen LogP contribution in [0.25, 0.3) is 0 Å². The first-order chi connectivity index (χ1) is 11.1. The maximum Gasteiger partial charge on any atom is 0.278 e. The summed E-state index contributed by atoms with van der Waals surface area (Å²) in [5.74, 6) is -0.647. The number of benzene rings is 1. The molecule has 1 fully saturated rings. The van der Waals surface area contributed by atoms with Crippen molar-refractivity contribution in [2.24, 2.45) is 0 Å². The second-order valence-corrected chi connectivity index (χ2v) is 5.86. The molecule has 0 saturated carbocycles. The molecule has 0 unspecified atom stereocenters. The van der Waals surface area contributed by atoms with Crippen molar-refractivity contribution in [2.45, 2.75) is 32.7 Å². The highest BCUT2D eigenvalue weighted by Crippen LogP contribution is 2.21. The fourth-order valence-corrected chi connectivity index (χ4v) is 2.90. The van der Waals surface area contributed by atoms with E-state index < -0.39 is 0 Å². The van der Waals surface area contributed by atoms with Crippen molar-refractivity contribution >= 4 is 24.0 Å². The number of halogens is 2. The molecule has 8 heteroatoms. The normalized spacial score (nSPS) is 15.0. The summed E-state index contributed by atoms with van der Waals surface area (Å²) in [5, 5.41) is 14.3. The van der Waals surface area contributed by atoms with Crippen LogP contribution in [0.4, 0.5) is 10.1 Å². The SMILES string of the molecule is Cc1cc(F)ccc1NC(=O)c1nnn(C2CCNCC2)c1C.Cl. The largest absolute Gasteiger partial charge is 0.320 e. The molecule has 0 spiro atoms. The first kappa shape index (κ1) is 18.4. The number of hydrogen-bond donors (Lipinski definition) is 2. The van der Waals surface area contributed by atoms with Crippen molar-refractivity contribution in [3.8, 4) is 0 Å². The molecule has 1 saturated heterocycles. The van der Waals surface area contributed by atoms with Crippen LogP contribution < -0.4 is 10.6 Å². The quantitative estimate of drug-likeness (QED) is 0.889. The Kier molecular flexibility index (Phi) is 5.90. The van der Waals surface area contributed by atoms with Crippen molar-refractivity contribution < 1.29 is 9.18 Å².